The fraction of sp³-hybridized carbons (Fsp3) is 0.182. The molecule has 2 aromatic heterocycles. The van der Waals surface area contributed by atoms with Gasteiger partial charge in [-0.25, -0.2) is 19.6 Å². The number of rotatable bonds is 14. The topological polar surface area (TPSA) is 167 Å². The smallest absolute Gasteiger partial charge is 0.487 e. The van der Waals surface area contributed by atoms with Gasteiger partial charge in [0.25, 0.3) is 0 Å². The SMILES string of the molecule is C.COC(=O)c1cccc(COc2ccc(I)cc2)n1.COCc1ccccc1-c1ccc(OCc2cccc(C(=O)O)n2)cc1.COCc1ccccc1B(O)O. The zero-order chi connectivity index (χ0) is 41.0. The lowest BCUT2D eigenvalue weighted by Crippen LogP contribution is -2.33. The Balaban J connectivity index is 0.000000247. The summed E-state index contributed by atoms with van der Waals surface area (Å²) in [5.74, 6) is -0.0340. The monoisotopic (exact) mass is 900 g/mol. The van der Waals surface area contributed by atoms with Gasteiger partial charge in [-0.3, -0.25) is 0 Å². The second kappa shape index (κ2) is 24.9. The van der Waals surface area contributed by atoms with Crippen LogP contribution in [0.1, 0.15) is 50.9 Å². The molecule has 58 heavy (non-hydrogen) atoms. The number of benzene rings is 4. The molecule has 0 spiro atoms. The van der Waals surface area contributed by atoms with Crippen molar-refractivity contribution in [1.29, 1.82) is 0 Å². The van der Waals surface area contributed by atoms with E-state index in [4.69, 9.17) is 34.1 Å². The number of aromatic carboxylic acids is 1. The minimum atomic E-state index is -1.42. The van der Waals surface area contributed by atoms with Crippen LogP contribution in [0.15, 0.2) is 133 Å². The molecule has 0 radical (unpaired) electrons. The van der Waals surface area contributed by atoms with E-state index in [1.807, 2.05) is 72.8 Å². The number of carbonyl (C=O) groups excluding carboxylic acids is 1. The molecule has 0 saturated heterocycles. The van der Waals surface area contributed by atoms with E-state index in [2.05, 4.69) is 43.4 Å². The quantitative estimate of drug-likeness (QED) is 0.0565. The van der Waals surface area contributed by atoms with Crippen molar-refractivity contribution >= 4 is 47.1 Å². The minimum absolute atomic E-state index is 0. The van der Waals surface area contributed by atoms with Gasteiger partial charge in [-0.05, 0) is 111 Å². The predicted molar refractivity (Wildman–Crippen MR) is 231 cm³/mol. The van der Waals surface area contributed by atoms with Crippen molar-refractivity contribution in [3.8, 4) is 22.6 Å². The number of halogens is 1. The van der Waals surface area contributed by atoms with Gasteiger partial charge in [-0.1, -0.05) is 80.2 Å². The van der Waals surface area contributed by atoms with Gasteiger partial charge in [-0.2, -0.15) is 0 Å². The van der Waals surface area contributed by atoms with Crippen molar-refractivity contribution in [2.24, 2.45) is 0 Å². The molecule has 0 fully saturated rings. The summed E-state index contributed by atoms with van der Waals surface area (Å²) in [6, 6.07) is 40.7. The molecule has 6 aromatic rings. The van der Waals surface area contributed by atoms with E-state index in [0.717, 1.165) is 31.6 Å². The van der Waals surface area contributed by atoms with Crippen LogP contribution in [-0.2, 0) is 40.6 Å². The Kier molecular flexibility index (Phi) is 20.0. The van der Waals surface area contributed by atoms with Crippen LogP contribution >= 0.6 is 22.6 Å². The number of hydrogen-bond donors (Lipinski definition) is 3. The second-order valence-electron chi connectivity index (χ2n) is 12.0. The van der Waals surface area contributed by atoms with Crippen molar-refractivity contribution in [3.05, 3.63) is 171 Å². The van der Waals surface area contributed by atoms with E-state index in [1.165, 1.54) is 13.2 Å². The molecular weight excluding hydrogens is 854 g/mol. The Morgan fingerprint density at radius 1 is 0.603 bits per heavy atom. The first-order valence-electron chi connectivity index (χ1n) is 17.5. The van der Waals surface area contributed by atoms with Gasteiger partial charge in [0.15, 0.2) is 0 Å². The van der Waals surface area contributed by atoms with Gasteiger partial charge in [0, 0.05) is 17.8 Å². The molecule has 0 amide bonds. The molecule has 14 heteroatoms. The molecule has 0 unspecified atom stereocenters. The minimum Gasteiger partial charge on any atom is -0.487 e. The highest BCUT2D eigenvalue weighted by Gasteiger charge is 2.14. The first-order chi connectivity index (χ1) is 27.6. The third kappa shape index (κ3) is 15.0. The number of hydrogen-bond acceptors (Lipinski definition) is 11. The Bertz CT molecular complexity index is 2170. The number of carboxylic acids is 1. The van der Waals surface area contributed by atoms with Crippen LogP contribution in [0.2, 0.25) is 0 Å². The van der Waals surface area contributed by atoms with Crippen LogP contribution in [0.5, 0.6) is 11.5 Å². The molecule has 6 rings (SSSR count). The third-order valence-electron chi connectivity index (χ3n) is 7.93. The van der Waals surface area contributed by atoms with Crippen molar-refractivity contribution in [2.45, 2.75) is 33.9 Å². The average Bonchev–Trinajstić information content (AvgIpc) is 3.24. The number of nitrogens with zero attached hydrogens (tertiary/aromatic N) is 2. The summed E-state index contributed by atoms with van der Waals surface area (Å²) in [5, 5.41) is 26.8. The molecule has 0 bridgehead atoms. The van der Waals surface area contributed by atoms with Crippen molar-refractivity contribution in [3.63, 3.8) is 0 Å². The van der Waals surface area contributed by atoms with E-state index < -0.39 is 19.1 Å². The summed E-state index contributed by atoms with van der Waals surface area (Å²) < 4.78 is 27.2. The summed E-state index contributed by atoms with van der Waals surface area (Å²) in [6.07, 6.45) is 0. The molecule has 0 atom stereocenters. The summed E-state index contributed by atoms with van der Waals surface area (Å²) in [5.41, 5.74) is 6.17. The fourth-order valence-corrected chi connectivity index (χ4v) is 5.55. The highest BCUT2D eigenvalue weighted by atomic mass is 127. The van der Waals surface area contributed by atoms with E-state index in [0.29, 0.717) is 42.4 Å². The van der Waals surface area contributed by atoms with Crippen LogP contribution in [0.4, 0.5) is 0 Å². The number of ether oxygens (including phenoxy) is 5. The molecule has 0 aliphatic rings. The van der Waals surface area contributed by atoms with Gasteiger partial charge in [0.2, 0.25) is 0 Å². The zero-order valence-electron chi connectivity index (χ0n) is 31.6. The van der Waals surface area contributed by atoms with Gasteiger partial charge < -0.3 is 38.8 Å². The van der Waals surface area contributed by atoms with Gasteiger partial charge in [0.05, 0.1) is 31.7 Å². The Morgan fingerprint density at radius 3 is 1.66 bits per heavy atom. The molecular formula is C44H46BIN2O10. The number of pyridine rings is 2. The number of carboxylic acid groups (broad SMARTS) is 1. The third-order valence-corrected chi connectivity index (χ3v) is 8.65. The van der Waals surface area contributed by atoms with E-state index in [9.17, 15) is 9.59 Å². The van der Waals surface area contributed by atoms with Crippen LogP contribution < -0.4 is 14.9 Å². The number of aromatic nitrogens is 2. The maximum atomic E-state index is 11.4. The van der Waals surface area contributed by atoms with Crippen molar-refractivity contribution < 1.29 is 48.4 Å². The standard InChI is InChI=1S/C21H19NO4.C14H12INO3.C8H11BO3.CH4/c1-25-13-16-5-2-3-7-19(16)15-9-11-18(12-10-15)26-14-17-6-4-8-20(22-17)21(23)24;1-18-14(17)13-4-2-3-11(16-13)9-19-12-7-5-10(15)6-8-12;1-12-6-7-4-2-3-5-8(7)9(10)11;/h2-12H,13-14H2,1H3,(H,23,24);2-8H,9H2,1H3;2-5,10-11H,6H2,1H3;1H4. The molecule has 302 valence electrons. The second-order valence-corrected chi connectivity index (χ2v) is 13.2. The van der Waals surface area contributed by atoms with E-state index in [-0.39, 0.29) is 25.4 Å². The molecule has 3 N–H and O–H groups in total. The van der Waals surface area contributed by atoms with Gasteiger partial charge >= 0.3 is 19.1 Å². The van der Waals surface area contributed by atoms with Crippen LogP contribution in [-0.4, -0.2) is 65.5 Å². The van der Waals surface area contributed by atoms with Gasteiger partial charge in [-0.15, -0.1) is 0 Å². The van der Waals surface area contributed by atoms with Crippen LogP contribution in [0.25, 0.3) is 11.1 Å². The van der Waals surface area contributed by atoms with Crippen molar-refractivity contribution in [1.82, 2.24) is 9.97 Å². The molecule has 0 saturated carbocycles. The van der Waals surface area contributed by atoms with E-state index >= 15 is 0 Å². The summed E-state index contributed by atoms with van der Waals surface area (Å²) in [7, 11) is 3.16. The highest BCUT2D eigenvalue weighted by Crippen LogP contribution is 2.26. The Hall–Kier alpha value is -5.65. The highest BCUT2D eigenvalue weighted by molar-refractivity contribution is 14.1. The fourth-order valence-electron chi connectivity index (χ4n) is 5.19. The molecule has 2 heterocycles. The van der Waals surface area contributed by atoms with E-state index in [1.54, 1.807) is 62.8 Å². The largest absolute Gasteiger partial charge is 0.488 e. The maximum absolute atomic E-state index is 11.4. The average molecular weight is 901 g/mol. The number of carbonyl (C=O) groups is 2. The van der Waals surface area contributed by atoms with Gasteiger partial charge in [0.1, 0.15) is 36.1 Å². The molecule has 0 aliphatic heterocycles. The lowest BCUT2D eigenvalue weighted by molar-refractivity contribution is 0.0592. The predicted octanol–water partition coefficient (Wildman–Crippen LogP) is 7.37. The summed E-state index contributed by atoms with van der Waals surface area (Å²) in [6.45, 7) is 1.47. The normalized spacial score (nSPS) is 10.0. The summed E-state index contributed by atoms with van der Waals surface area (Å²) >= 11 is 2.23. The first kappa shape index (κ1) is 46.7. The van der Waals surface area contributed by atoms with Crippen LogP contribution in [0.3, 0.4) is 0 Å². The lowest BCUT2D eigenvalue weighted by Gasteiger charge is -2.10. The number of methoxy groups -OCH3 is 3. The maximum Gasteiger partial charge on any atom is 0.488 e. The van der Waals surface area contributed by atoms with Crippen LogP contribution in [0, 0.1) is 3.57 Å². The molecule has 12 nitrogen and oxygen atoms in total. The summed E-state index contributed by atoms with van der Waals surface area (Å²) in [4.78, 5) is 30.5. The number of esters is 1. The first-order valence-corrected chi connectivity index (χ1v) is 18.5. The van der Waals surface area contributed by atoms with Crippen molar-refractivity contribution in [2.75, 3.05) is 21.3 Å². The lowest BCUT2D eigenvalue weighted by atomic mass is 9.77. The molecule has 4 aromatic carbocycles. The Morgan fingerprint density at radius 2 is 1.10 bits per heavy atom. The molecule has 0 aliphatic carbocycles. The zero-order valence-corrected chi connectivity index (χ0v) is 33.7. The Labute approximate surface area is 352 Å².